The van der Waals surface area contributed by atoms with Gasteiger partial charge in [0, 0.05) is 6.04 Å². The van der Waals surface area contributed by atoms with E-state index in [0.717, 1.165) is 0 Å². The van der Waals surface area contributed by atoms with Crippen LogP contribution >= 0.6 is 0 Å². The van der Waals surface area contributed by atoms with Gasteiger partial charge >= 0.3 is 5.97 Å². The third-order valence-corrected chi connectivity index (χ3v) is 5.53. The van der Waals surface area contributed by atoms with Gasteiger partial charge in [-0.25, -0.2) is 8.42 Å². The molecule has 1 N–H and O–H groups in total. The summed E-state index contributed by atoms with van der Waals surface area (Å²) in [6.45, 7) is -0.442. The van der Waals surface area contributed by atoms with Crippen LogP contribution in [-0.4, -0.2) is 58.7 Å². The quantitative estimate of drug-likeness (QED) is 0.677. The van der Waals surface area contributed by atoms with Gasteiger partial charge in [-0.1, -0.05) is 6.07 Å². The highest BCUT2D eigenvalue weighted by atomic mass is 32.2. The van der Waals surface area contributed by atoms with Gasteiger partial charge in [0.05, 0.1) is 32.1 Å². The second kappa shape index (κ2) is 8.19. The van der Waals surface area contributed by atoms with Crippen molar-refractivity contribution in [3.8, 4) is 11.5 Å². The van der Waals surface area contributed by atoms with Crippen LogP contribution in [0.4, 0.5) is 0 Å². The molecule has 0 saturated carbocycles. The molecule has 1 unspecified atom stereocenters. The van der Waals surface area contributed by atoms with Crippen molar-refractivity contribution in [2.75, 3.05) is 32.3 Å². The van der Waals surface area contributed by atoms with Crippen LogP contribution in [0.25, 0.3) is 0 Å². The van der Waals surface area contributed by atoms with E-state index < -0.39 is 34.4 Å². The van der Waals surface area contributed by atoms with E-state index in [1.165, 1.54) is 14.2 Å². The molecule has 25 heavy (non-hydrogen) atoms. The van der Waals surface area contributed by atoms with Gasteiger partial charge in [0.1, 0.15) is 0 Å². The van der Waals surface area contributed by atoms with E-state index in [9.17, 15) is 18.0 Å². The van der Waals surface area contributed by atoms with E-state index in [1.807, 2.05) is 0 Å². The molecule has 2 rings (SSSR count). The molecule has 138 valence electrons. The summed E-state index contributed by atoms with van der Waals surface area (Å²) in [5.41, 5.74) is 0.657. The molecule has 1 aromatic carbocycles. The third kappa shape index (κ3) is 5.63. The minimum atomic E-state index is -3.07. The summed E-state index contributed by atoms with van der Waals surface area (Å²) in [6.07, 6.45) is 0.360. The Morgan fingerprint density at radius 2 is 1.92 bits per heavy atom. The highest BCUT2D eigenvalue weighted by molar-refractivity contribution is 7.91. The summed E-state index contributed by atoms with van der Waals surface area (Å²) in [5, 5.41) is 2.56. The van der Waals surface area contributed by atoms with E-state index in [0.29, 0.717) is 23.5 Å². The predicted octanol–water partition coefficient (Wildman–Crippen LogP) is 0.0928. The fraction of sp³-hybridized carbons (Fsp3) is 0.500. The Bertz CT molecular complexity index is 745. The number of carbonyl (C=O) groups excluding carboxylic acids is 2. The van der Waals surface area contributed by atoms with Crippen molar-refractivity contribution in [1.29, 1.82) is 0 Å². The first-order valence-corrected chi connectivity index (χ1v) is 9.51. The maximum Gasteiger partial charge on any atom is 0.310 e. The number of benzene rings is 1. The van der Waals surface area contributed by atoms with Crippen LogP contribution in [0.15, 0.2) is 18.2 Å². The van der Waals surface area contributed by atoms with E-state index in [2.05, 4.69) is 5.32 Å². The molecule has 0 spiro atoms. The highest BCUT2D eigenvalue weighted by Crippen LogP contribution is 2.27. The van der Waals surface area contributed by atoms with E-state index >= 15 is 0 Å². The minimum Gasteiger partial charge on any atom is -0.493 e. The minimum absolute atomic E-state index is 0.0224. The van der Waals surface area contributed by atoms with Crippen molar-refractivity contribution >= 4 is 21.7 Å². The zero-order valence-electron chi connectivity index (χ0n) is 14.1. The number of methoxy groups -OCH3 is 2. The Morgan fingerprint density at radius 1 is 1.20 bits per heavy atom. The van der Waals surface area contributed by atoms with Crippen molar-refractivity contribution in [3.63, 3.8) is 0 Å². The molecule has 8 nitrogen and oxygen atoms in total. The molecule has 1 aliphatic rings. The number of nitrogens with one attached hydrogen (secondary N) is 1. The number of sulfone groups is 1. The first-order chi connectivity index (χ1) is 11.8. The number of esters is 1. The highest BCUT2D eigenvalue weighted by Gasteiger charge is 2.29. The van der Waals surface area contributed by atoms with Gasteiger partial charge in [-0.3, -0.25) is 9.59 Å². The second-order valence-electron chi connectivity index (χ2n) is 5.69. The molecule has 0 aliphatic carbocycles. The lowest BCUT2D eigenvalue weighted by Crippen LogP contribution is -2.38. The molecular weight excluding hydrogens is 350 g/mol. The van der Waals surface area contributed by atoms with E-state index in [-0.39, 0.29) is 17.9 Å². The van der Waals surface area contributed by atoms with Crippen LogP contribution in [0, 0.1) is 0 Å². The van der Waals surface area contributed by atoms with Crippen molar-refractivity contribution in [3.05, 3.63) is 23.8 Å². The van der Waals surface area contributed by atoms with Crippen LogP contribution in [0.2, 0.25) is 0 Å². The first-order valence-electron chi connectivity index (χ1n) is 7.69. The first kappa shape index (κ1) is 19.0. The van der Waals surface area contributed by atoms with Gasteiger partial charge in [0.15, 0.2) is 27.9 Å². The van der Waals surface area contributed by atoms with Crippen LogP contribution in [0.1, 0.15) is 12.0 Å². The number of carbonyl (C=O) groups is 2. The fourth-order valence-corrected chi connectivity index (χ4v) is 4.21. The molecule has 0 aromatic heterocycles. The van der Waals surface area contributed by atoms with Gasteiger partial charge in [0.2, 0.25) is 0 Å². The number of amides is 1. The van der Waals surface area contributed by atoms with Gasteiger partial charge in [0.25, 0.3) is 5.91 Å². The Kier molecular flexibility index (Phi) is 6.24. The molecule has 1 saturated heterocycles. The standard InChI is InChI=1S/C16H21NO7S/c1-22-13-4-3-11(7-14(13)23-2)8-16(19)24-9-15(18)17-12-5-6-25(20,21)10-12/h3-4,7,12H,5-6,8-10H2,1-2H3,(H,17,18). The van der Waals surface area contributed by atoms with Crippen molar-refractivity contribution in [2.24, 2.45) is 0 Å². The average Bonchev–Trinajstić information content (AvgIpc) is 2.91. The topological polar surface area (TPSA) is 108 Å². The molecule has 1 fully saturated rings. The summed E-state index contributed by atoms with van der Waals surface area (Å²) in [5.74, 6) is -0.0438. The van der Waals surface area contributed by atoms with E-state index in [4.69, 9.17) is 14.2 Å². The van der Waals surface area contributed by atoms with Crippen LogP contribution < -0.4 is 14.8 Å². The lowest BCUT2D eigenvalue weighted by Gasteiger charge is -2.11. The molecule has 0 radical (unpaired) electrons. The van der Waals surface area contributed by atoms with Crippen molar-refractivity contribution < 1.29 is 32.2 Å². The Morgan fingerprint density at radius 3 is 2.52 bits per heavy atom. The number of hydrogen-bond donors (Lipinski definition) is 1. The maximum atomic E-state index is 11.8. The van der Waals surface area contributed by atoms with E-state index in [1.54, 1.807) is 18.2 Å². The number of rotatable bonds is 7. The third-order valence-electron chi connectivity index (χ3n) is 3.76. The lowest BCUT2D eigenvalue weighted by molar-refractivity contribution is -0.148. The Balaban J connectivity index is 1.79. The monoisotopic (exact) mass is 371 g/mol. The average molecular weight is 371 g/mol. The zero-order valence-corrected chi connectivity index (χ0v) is 14.9. The molecule has 9 heteroatoms. The largest absolute Gasteiger partial charge is 0.493 e. The predicted molar refractivity (Wildman–Crippen MR) is 89.4 cm³/mol. The van der Waals surface area contributed by atoms with Crippen LogP contribution in [0.3, 0.4) is 0 Å². The molecule has 1 heterocycles. The van der Waals surface area contributed by atoms with Crippen LogP contribution in [-0.2, 0) is 30.6 Å². The fourth-order valence-electron chi connectivity index (χ4n) is 2.53. The summed E-state index contributed by atoms with van der Waals surface area (Å²) in [6, 6.07) is 4.62. The molecule has 1 atom stereocenters. The molecular formula is C16H21NO7S. The molecule has 1 aromatic rings. The van der Waals surface area contributed by atoms with Gasteiger partial charge in [-0.15, -0.1) is 0 Å². The van der Waals surface area contributed by atoms with Crippen molar-refractivity contribution in [1.82, 2.24) is 5.32 Å². The maximum absolute atomic E-state index is 11.8. The summed E-state index contributed by atoms with van der Waals surface area (Å²) < 4.78 is 37.9. The second-order valence-corrected chi connectivity index (χ2v) is 7.92. The Labute approximate surface area is 146 Å². The van der Waals surface area contributed by atoms with Gasteiger partial charge < -0.3 is 19.5 Å². The summed E-state index contributed by atoms with van der Waals surface area (Å²) in [7, 11) is -0.0626. The van der Waals surface area contributed by atoms with Crippen molar-refractivity contribution in [2.45, 2.75) is 18.9 Å². The zero-order chi connectivity index (χ0) is 18.4. The van der Waals surface area contributed by atoms with Gasteiger partial charge in [-0.05, 0) is 24.1 Å². The summed E-state index contributed by atoms with van der Waals surface area (Å²) in [4.78, 5) is 23.6. The lowest BCUT2D eigenvalue weighted by atomic mass is 10.1. The SMILES string of the molecule is COc1ccc(CC(=O)OCC(=O)NC2CCS(=O)(=O)C2)cc1OC. The number of ether oxygens (including phenoxy) is 3. The normalized spacial score (nSPS) is 18.4. The molecule has 0 bridgehead atoms. The summed E-state index contributed by atoms with van der Waals surface area (Å²) >= 11 is 0. The molecule has 1 aliphatic heterocycles. The smallest absolute Gasteiger partial charge is 0.310 e. The Hall–Kier alpha value is -2.29. The van der Waals surface area contributed by atoms with Gasteiger partial charge in [-0.2, -0.15) is 0 Å². The molecule has 1 amide bonds. The van der Waals surface area contributed by atoms with Crippen LogP contribution in [0.5, 0.6) is 11.5 Å². The number of hydrogen-bond acceptors (Lipinski definition) is 7.